The molecule has 2 N–H and O–H groups in total. The minimum absolute atomic E-state index is 0.0835. The topological polar surface area (TPSA) is 81.2 Å². The number of nitrogens with zero attached hydrogens (tertiary/aromatic N) is 3. The van der Waals surface area contributed by atoms with Crippen LogP contribution in [0.4, 0.5) is 0 Å². The Hall–Kier alpha value is -2.51. The summed E-state index contributed by atoms with van der Waals surface area (Å²) >= 11 is 7.53. The van der Waals surface area contributed by atoms with Crippen LogP contribution in [0.5, 0.6) is 0 Å². The number of primary amides is 1. The van der Waals surface area contributed by atoms with Crippen molar-refractivity contribution in [3.8, 4) is 0 Å². The number of fused-ring (bicyclic) bond motifs is 1. The van der Waals surface area contributed by atoms with Gasteiger partial charge in [0.1, 0.15) is 6.04 Å². The minimum atomic E-state index is -0.506. The smallest absolute Gasteiger partial charge is 0.240 e. The number of nitrogens with two attached hydrogens (primary N) is 1. The molecule has 1 aliphatic rings. The van der Waals surface area contributed by atoms with Gasteiger partial charge in [-0.25, -0.2) is 4.98 Å². The number of halogens is 1. The molecule has 156 valence electrons. The van der Waals surface area contributed by atoms with Gasteiger partial charge < -0.3 is 15.2 Å². The van der Waals surface area contributed by atoms with Gasteiger partial charge in [-0.05, 0) is 43.0 Å². The molecular weight excluding hydrogens is 420 g/mol. The molecule has 0 spiro atoms. The second-order valence-corrected chi connectivity index (χ2v) is 8.77. The second kappa shape index (κ2) is 9.10. The highest BCUT2D eigenvalue weighted by Crippen LogP contribution is 2.28. The van der Waals surface area contributed by atoms with E-state index in [1.807, 2.05) is 36.4 Å². The number of amides is 2. The number of piperidine rings is 1. The average molecular weight is 443 g/mol. The van der Waals surface area contributed by atoms with Gasteiger partial charge in [-0.3, -0.25) is 9.59 Å². The van der Waals surface area contributed by atoms with Gasteiger partial charge in [0.05, 0.1) is 23.3 Å². The number of hydrogen-bond acceptors (Lipinski definition) is 4. The van der Waals surface area contributed by atoms with Crippen LogP contribution in [-0.2, 0) is 16.1 Å². The van der Waals surface area contributed by atoms with Gasteiger partial charge in [0.15, 0.2) is 5.16 Å². The average Bonchev–Trinajstić information content (AvgIpc) is 3.09. The highest BCUT2D eigenvalue weighted by molar-refractivity contribution is 7.99. The second-order valence-electron chi connectivity index (χ2n) is 7.39. The fraction of sp³-hybridized carbons (Fsp3) is 0.318. The fourth-order valence-electron chi connectivity index (χ4n) is 3.84. The van der Waals surface area contributed by atoms with Crippen molar-refractivity contribution < 1.29 is 9.59 Å². The third kappa shape index (κ3) is 4.47. The molecule has 0 bridgehead atoms. The minimum Gasteiger partial charge on any atom is -0.368 e. The summed E-state index contributed by atoms with van der Waals surface area (Å²) in [6, 6.07) is 15.2. The number of rotatable bonds is 6. The zero-order chi connectivity index (χ0) is 21.1. The molecule has 1 saturated heterocycles. The largest absolute Gasteiger partial charge is 0.368 e. The third-order valence-electron chi connectivity index (χ3n) is 5.34. The lowest BCUT2D eigenvalue weighted by Gasteiger charge is -2.33. The number of hydrogen-bond donors (Lipinski definition) is 1. The summed E-state index contributed by atoms with van der Waals surface area (Å²) < 4.78 is 2.10. The van der Waals surface area contributed by atoms with Gasteiger partial charge in [0.2, 0.25) is 11.8 Å². The van der Waals surface area contributed by atoms with Gasteiger partial charge in [0.25, 0.3) is 0 Å². The summed E-state index contributed by atoms with van der Waals surface area (Å²) in [5.74, 6) is -0.311. The lowest BCUT2D eigenvalue weighted by atomic mass is 10.0. The standard InChI is InChI=1S/C22H23ClN4O2S/c23-16-9-10-18-17(12-16)25-22(27(18)13-15-6-2-1-3-7-15)30-14-20(28)26-11-5-4-8-19(26)21(24)29/h1-3,6-7,9-10,12,19H,4-5,8,11,13-14H2,(H2,24,29). The lowest BCUT2D eigenvalue weighted by molar-refractivity contribution is -0.138. The Morgan fingerprint density at radius 1 is 1.17 bits per heavy atom. The number of benzene rings is 2. The van der Waals surface area contributed by atoms with Crippen LogP contribution >= 0.6 is 23.4 Å². The number of imidazole rings is 1. The van der Waals surface area contributed by atoms with E-state index >= 15 is 0 Å². The van der Waals surface area contributed by atoms with Crippen molar-refractivity contribution in [2.24, 2.45) is 5.73 Å². The molecule has 4 rings (SSSR count). The Morgan fingerprint density at radius 3 is 2.73 bits per heavy atom. The third-order valence-corrected chi connectivity index (χ3v) is 6.53. The molecule has 1 aliphatic heterocycles. The fourth-order valence-corrected chi connectivity index (χ4v) is 4.91. The zero-order valence-corrected chi connectivity index (χ0v) is 18.0. The van der Waals surface area contributed by atoms with E-state index in [-0.39, 0.29) is 11.7 Å². The van der Waals surface area contributed by atoms with E-state index in [9.17, 15) is 9.59 Å². The predicted molar refractivity (Wildman–Crippen MR) is 120 cm³/mol. The maximum atomic E-state index is 12.9. The highest BCUT2D eigenvalue weighted by Gasteiger charge is 2.30. The molecule has 1 fully saturated rings. The summed E-state index contributed by atoms with van der Waals surface area (Å²) in [6.45, 7) is 1.21. The molecule has 0 aliphatic carbocycles. The molecule has 0 saturated carbocycles. The van der Waals surface area contributed by atoms with E-state index in [1.54, 1.807) is 4.90 Å². The van der Waals surface area contributed by atoms with Gasteiger partial charge in [-0.2, -0.15) is 0 Å². The number of aromatic nitrogens is 2. The summed E-state index contributed by atoms with van der Waals surface area (Å²) in [5.41, 5.74) is 8.41. The Kier molecular flexibility index (Phi) is 6.29. The predicted octanol–water partition coefficient (Wildman–Crippen LogP) is 3.70. The van der Waals surface area contributed by atoms with Crippen LogP contribution in [0.2, 0.25) is 5.02 Å². The van der Waals surface area contributed by atoms with Crippen LogP contribution in [0, 0.1) is 0 Å². The first-order chi connectivity index (χ1) is 14.5. The SMILES string of the molecule is NC(=O)C1CCCCN1C(=O)CSc1nc2cc(Cl)ccc2n1Cc1ccccc1. The van der Waals surface area contributed by atoms with Gasteiger partial charge >= 0.3 is 0 Å². The van der Waals surface area contributed by atoms with Crippen molar-refractivity contribution >= 4 is 46.2 Å². The summed E-state index contributed by atoms with van der Waals surface area (Å²) in [7, 11) is 0. The van der Waals surface area contributed by atoms with E-state index < -0.39 is 11.9 Å². The first kappa shape index (κ1) is 20.8. The summed E-state index contributed by atoms with van der Waals surface area (Å²) in [6.07, 6.45) is 2.44. The van der Waals surface area contributed by atoms with Crippen molar-refractivity contribution in [2.75, 3.05) is 12.3 Å². The number of likely N-dealkylation sites (tertiary alicyclic amines) is 1. The Bertz CT molecular complexity index is 1070. The Labute approximate surface area is 184 Å². The van der Waals surface area contributed by atoms with E-state index in [0.29, 0.717) is 24.5 Å². The molecule has 1 unspecified atom stereocenters. The summed E-state index contributed by atoms with van der Waals surface area (Å²) in [5, 5.41) is 1.37. The van der Waals surface area contributed by atoms with Crippen molar-refractivity contribution in [3.63, 3.8) is 0 Å². The van der Waals surface area contributed by atoms with E-state index in [1.165, 1.54) is 11.8 Å². The van der Waals surface area contributed by atoms with Crippen LogP contribution < -0.4 is 5.73 Å². The van der Waals surface area contributed by atoms with Crippen LogP contribution in [0.15, 0.2) is 53.7 Å². The molecule has 2 heterocycles. The monoisotopic (exact) mass is 442 g/mol. The van der Waals surface area contributed by atoms with Gasteiger partial charge in [-0.1, -0.05) is 53.7 Å². The van der Waals surface area contributed by atoms with Crippen LogP contribution in [0.25, 0.3) is 11.0 Å². The molecule has 8 heteroatoms. The number of carbonyl (C=O) groups excluding carboxylic acids is 2. The molecule has 0 radical (unpaired) electrons. The Morgan fingerprint density at radius 2 is 1.97 bits per heavy atom. The van der Waals surface area contributed by atoms with Gasteiger partial charge in [0, 0.05) is 11.6 Å². The maximum Gasteiger partial charge on any atom is 0.240 e. The number of thioether (sulfide) groups is 1. The lowest BCUT2D eigenvalue weighted by Crippen LogP contribution is -2.51. The van der Waals surface area contributed by atoms with Crippen molar-refractivity contribution in [2.45, 2.75) is 37.0 Å². The molecule has 1 atom stereocenters. The van der Waals surface area contributed by atoms with E-state index in [2.05, 4.69) is 16.7 Å². The molecular formula is C22H23ClN4O2S. The highest BCUT2D eigenvalue weighted by atomic mass is 35.5. The molecule has 2 amide bonds. The molecule has 2 aromatic carbocycles. The van der Waals surface area contributed by atoms with Crippen LogP contribution in [0.1, 0.15) is 24.8 Å². The molecule has 6 nitrogen and oxygen atoms in total. The van der Waals surface area contributed by atoms with Gasteiger partial charge in [-0.15, -0.1) is 0 Å². The molecule has 3 aromatic rings. The maximum absolute atomic E-state index is 12.9. The zero-order valence-electron chi connectivity index (χ0n) is 16.5. The quantitative estimate of drug-likeness (QED) is 0.590. The van der Waals surface area contributed by atoms with Crippen LogP contribution in [0.3, 0.4) is 0 Å². The first-order valence-corrected chi connectivity index (χ1v) is 11.3. The molecule has 1 aromatic heterocycles. The Balaban J connectivity index is 1.58. The number of carbonyl (C=O) groups is 2. The first-order valence-electron chi connectivity index (χ1n) is 9.94. The molecule has 30 heavy (non-hydrogen) atoms. The van der Waals surface area contributed by atoms with Crippen molar-refractivity contribution in [3.05, 3.63) is 59.1 Å². The summed E-state index contributed by atoms with van der Waals surface area (Å²) in [4.78, 5) is 31.0. The van der Waals surface area contributed by atoms with Crippen molar-refractivity contribution in [1.82, 2.24) is 14.5 Å². The van der Waals surface area contributed by atoms with E-state index in [0.717, 1.165) is 34.6 Å². The van der Waals surface area contributed by atoms with Crippen LogP contribution in [-0.4, -0.2) is 44.6 Å². The van der Waals surface area contributed by atoms with E-state index in [4.69, 9.17) is 22.3 Å². The van der Waals surface area contributed by atoms with Crippen molar-refractivity contribution in [1.29, 1.82) is 0 Å². The normalized spacial score (nSPS) is 16.7.